The van der Waals surface area contributed by atoms with Crippen molar-refractivity contribution in [1.29, 1.82) is 0 Å². The lowest BCUT2D eigenvalue weighted by Gasteiger charge is -2.15. The van der Waals surface area contributed by atoms with Gasteiger partial charge in [0.2, 0.25) is 17.7 Å². The highest BCUT2D eigenvalue weighted by Gasteiger charge is 2.46. The van der Waals surface area contributed by atoms with E-state index in [1.807, 2.05) is 12.2 Å². The summed E-state index contributed by atoms with van der Waals surface area (Å²) in [6, 6.07) is 0. The summed E-state index contributed by atoms with van der Waals surface area (Å²) >= 11 is 0. The molecule has 2 fully saturated rings. The summed E-state index contributed by atoms with van der Waals surface area (Å²) in [6.07, 6.45) is 7.47. The highest BCUT2D eigenvalue weighted by atomic mass is 16.5. The number of carbonyl (C=O) groups excluding carboxylic acids is 3. The second kappa shape index (κ2) is 6.60. The quantitative estimate of drug-likeness (QED) is 0.597. The predicted molar refractivity (Wildman–Crippen MR) is 78.7 cm³/mol. The monoisotopic (exact) mass is 306 g/mol. The Bertz CT molecular complexity index is 470. The van der Waals surface area contributed by atoms with Crippen LogP contribution in [0, 0.1) is 11.8 Å². The summed E-state index contributed by atoms with van der Waals surface area (Å²) in [5.74, 6) is -0.804. The van der Waals surface area contributed by atoms with E-state index in [0.717, 1.165) is 19.4 Å². The van der Waals surface area contributed by atoms with Gasteiger partial charge in [-0.2, -0.15) is 0 Å². The maximum atomic E-state index is 12.2. The van der Waals surface area contributed by atoms with Gasteiger partial charge in [-0.15, -0.1) is 0 Å². The lowest BCUT2D eigenvalue weighted by Crippen LogP contribution is -2.37. The van der Waals surface area contributed by atoms with E-state index in [1.165, 1.54) is 4.90 Å². The molecule has 3 amide bonds. The zero-order valence-corrected chi connectivity index (χ0v) is 12.6. The molecule has 1 N–H and O–H groups in total. The van der Waals surface area contributed by atoms with E-state index in [0.29, 0.717) is 19.4 Å². The summed E-state index contributed by atoms with van der Waals surface area (Å²) in [7, 11) is 0. The molecule has 2 heterocycles. The molecule has 3 aliphatic rings. The predicted octanol–water partition coefficient (Wildman–Crippen LogP) is 0.623. The highest BCUT2D eigenvalue weighted by molar-refractivity contribution is 6.05. The number of rotatable bonds is 5. The number of nitrogens with one attached hydrogen (secondary N) is 1. The van der Waals surface area contributed by atoms with Gasteiger partial charge in [0.1, 0.15) is 0 Å². The molecule has 0 spiro atoms. The Morgan fingerprint density at radius 1 is 1.23 bits per heavy atom. The Labute approximate surface area is 129 Å². The summed E-state index contributed by atoms with van der Waals surface area (Å²) in [6.45, 7) is 1.45. The topological polar surface area (TPSA) is 75.7 Å². The molecule has 120 valence electrons. The molecule has 0 aromatic carbocycles. The normalized spacial score (nSPS) is 30.7. The first-order valence-electron chi connectivity index (χ1n) is 8.05. The molecular weight excluding hydrogens is 284 g/mol. The van der Waals surface area contributed by atoms with E-state index >= 15 is 0 Å². The number of carbonyl (C=O) groups is 3. The Morgan fingerprint density at radius 3 is 2.50 bits per heavy atom. The van der Waals surface area contributed by atoms with Crippen LogP contribution < -0.4 is 5.32 Å². The van der Waals surface area contributed by atoms with Gasteiger partial charge in [0.25, 0.3) is 0 Å². The number of nitrogens with zero attached hydrogens (tertiary/aromatic N) is 1. The average Bonchev–Trinajstić information content (AvgIpc) is 3.13. The smallest absolute Gasteiger partial charge is 0.233 e. The van der Waals surface area contributed by atoms with Gasteiger partial charge in [-0.05, 0) is 25.7 Å². The molecule has 22 heavy (non-hydrogen) atoms. The van der Waals surface area contributed by atoms with Gasteiger partial charge in [0.15, 0.2) is 0 Å². The van der Waals surface area contributed by atoms with Crippen LogP contribution in [0.3, 0.4) is 0 Å². The third-order valence-corrected chi connectivity index (χ3v) is 4.71. The van der Waals surface area contributed by atoms with Crippen molar-refractivity contribution in [2.24, 2.45) is 11.8 Å². The zero-order valence-electron chi connectivity index (χ0n) is 12.6. The van der Waals surface area contributed by atoms with Crippen LogP contribution in [0.5, 0.6) is 0 Å². The minimum atomic E-state index is -0.215. The van der Waals surface area contributed by atoms with E-state index < -0.39 is 0 Å². The van der Waals surface area contributed by atoms with Crippen molar-refractivity contribution >= 4 is 17.7 Å². The van der Waals surface area contributed by atoms with E-state index in [9.17, 15) is 14.4 Å². The number of allylic oxidation sites excluding steroid dienone is 2. The Kier molecular flexibility index (Phi) is 4.57. The molecular formula is C16H22N2O4. The van der Waals surface area contributed by atoms with Crippen molar-refractivity contribution in [2.75, 3.05) is 19.7 Å². The lowest BCUT2D eigenvalue weighted by molar-refractivity contribution is -0.140. The average molecular weight is 306 g/mol. The second-order valence-corrected chi connectivity index (χ2v) is 6.17. The van der Waals surface area contributed by atoms with Crippen molar-refractivity contribution in [1.82, 2.24) is 10.2 Å². The number of hydrogen-bond donors (Lipinski definition) is 1. The van der Waals surface area contributed by atoms with E-state index in [4.69, 9.17) is 4.74 Å². The number of amides is 3. The molecule has 3 rings (SSSR count). The zero-order chi connectivity index (χ0) is 15.5. The van der Waals surface area contributed by atoms with E-state index in [2.05, 4.69) is 5.32 Å². The van der Waals surface area contributed by atoms with Crippen molar-refractivity contribution in [3.63, 3.8) is 0 Å². The molecule has 0 aromatic rings. The fourth-order valence-electron chi connectivity index (χ4n) is 3.42. The van der Waals surface area contributed by atoms with Crippen LogP contribution in [-0.4, -0.2) is 48.4 Å². The number of imide groups is 1. The van der Waals surface area contributed by atoms with Crippen molar-refractivity contribution in [3.8, 4) is 0 Å². The molecule has 6 heteroatoms. The van der Waals surface area contributed by atoms with Crippen molar-refractivity contribution in [3.05, 3.63) is 12.2 Å². The molecule has 0 unspecified atom stereocenters. The third kappa shape index (κ3) is 3.06. The Morgan fingerprint density at radius 2 is 1.91 bits per heavy atom. The second-order valence-electron chi connectivity index (χ2n) is 6.17. The first kappa shape index (κ1) is 15.2. The standard InChI is InChI=1S/C16H22N2O4/c19-14(17-10-11-4-3-9-22-11)7-8-18-15(20)12-5-1-2-6-13(12)16(18)21/h1-2,11-13H,3-10H2,(H,17,19)/t11-,12-,13-/m1/s1. The van der Waals surface area contributed by atoms with Crippen LogP contribution in [0.1, 0.15) is 32.1 Å². The Balaban J connectivity index is 1.45. The summed E-state index contributed by atoms with van der Waals surface area (Å²) in [4.78, 5) is 37.6. The lowest BCUT2D eigenvalue weighted by atomic mass is 9.85. The number of ether oxygens (including phenoxy) is 1. The van der Waals surface area contributed by atoms with Gasteiger partial charge in [0, 0.05) is 26.1 Å². The molecule has 2 saturated heterocycles. The van der Waals surface area contributed by atoms with Crippen molar-refractivity contribution in [2.45, 2.75) is 38.2 Å². The summed E-state index contributed by atoms with van der Waals surface area (Å²) in [5.41, 5.74) is 0. The molecule has 1 aliphatic carbocycles. The highest BCUT2D eigenvalue weighted by Crippen LogP contribution is 2.34. The first-order valence-corrected chi connectivity index (χ1v) is 8.05. The molecule has 0 aromatic heterocycles. The van der Waals surface area contributed by atoms with Crippen LogP contribution in [0.15, 0.2) is 12.2 Å². The minimum Gasteiger partial charge on any atom is -0.376 e. The SMILES string of the molecule is O=C(CCN1C(=O)[C@@H]2CC=CC[C@H]2C1=O)NC[C@H]1CCCO1. The maximum absolute atomic E-state index is 12.2. The van der Waals surface area contributed by atoms with Gasteiger partial charge < -0.3 is 10.1 Å². The van der Waals surface area contributed by atoms with Crippen LogP contribution in [0.2, 0.25) is 0 Å². The van der Waals surface area contributed by atoms with E-state index in [-0.39, 0.29) is 48.6 Å². The number of hydrogen-bond acceptors (Lipinski definition) is 4. The van der Waals surface area contributed by atoms with Crippen LogP contribution in [-0.2, 0) is 19.1 Å². The molecule has 3 atom stereocenters. The number of fused-ring (bicyclic) bond motifs is 1. The molecule has 6 nitrogen and oxygen atoms in total. The third-order valence-electron chi connectivity index (χ3n) is 4.71. The van der Waals surface area contributed by atoms with Crippen LogP contribution >= 0.6 is 0 Å². The molecule has 0 bridgehead atoms. The van der Waals surface area contributed by atoms with Crippen LogP contribution in [0.25, 0.3) is 0 Å². The Hall–Kier alpha value is -1.69. The van der Waals surface area contributed by atoms with Gasteiger partial charge in [-0.3, -0.25) is 19.3 Å². The van der Waals surface area contributed by atoms with Crippen LogP contribution in [0.4, 0.5) is 0 Å². The fraction of sp³-hybridized carbons (Fsp3) is 0.688. The summed E-state index contributed by atoms with van der Waals surface area (Å²) < 4.78 is 5.44. The maximum Gasteiger partial charge on any atom is 0.233 e. The number of likely N-dealkylation sites (tertiary alicyclic amines) is 1. The molecule has 2 aliphatic heterocycles. The minimum absolute atomic E-state index is 0.105. The van der Waals surface area contributed by atoms with Gasteiger partial charge >= 0.3 is 0 Å². The molecule has 0 radical (unpaired) electrons. The van der Waals surface area contributed by atoms with Gasteiger partial charge in [0.05, 0.1) is 17.9 Å². The first-order chi connectivity index (χ1) is 10.7. The fourth-order valence-corrected chi connectivity index (χ4v) is 3.42. The largest absolute Gasteiger partial charge is 0.376 e. The van der Waals surface area contributed by atoms with E-state index in [1.54, 1.807) is 0 Å². The van der Waals surface area contributed by atoms with Gasteiger partial charge in [-0.25, -0.2) is 0 Å². The van der Waals surface area contributed by atoms with Crippen molar-refractivity contribution < 1.29 is 19.1 Å². The van der Waals surface area contributed by atoms with Gasteiger partial charge in [-0.1, -0.05) is 12.2 Å². The molecule has 0 saturated carbocycles. The summed E-state index contributed by atoms with van der Waals surface area (Å²) in [5, 5.41) is 2.82.